The predicted octanol–water partition coefficient (Wildman–Crippen LogP) is 6.25. The highest BCUT2D eigenvalue weighted by Gasteiger charge is 2.15. The van der Waals surface area contributed by atoms with Crippen LogP contribution in [0.3, 0.4) is 0 Å². The number of hydrogen-bond acceptors (Lipinski definition) is 2. The molecule has 25 heavy (non-hydrogen) atoms. The van der Waals surface area contributed by atoms with Crippen molar-refractivity contribution in [2.75, 3.05) is 11.1 Å². The third kappa shape index (κ3) is 9.22. The van der Waals surface area contributed by atoms with Crippen LogP contribution in [0.2, 0.25) is 0 Å². The molecule has 0 radical (unpaired) electrons. The lowest BCUT2D eigenvalue weighted by molar-refractivity contribution is 0.597. The van der Waals surface area contributed by atoms with E-state index >= 15 is 0 Å². The summed E-state index contributed by atoms with van der Waals surface area (Å²) in [5, 5.41) is 0.770. The van der Waals surface area contributed by atoms with Crippen molar-refractivity contribution >= 4 is 25.8 Å². The number of halogens is 1. The van der Waals surface area contributed by atoms with E-state index < -0.39 is 9.84 Å². The molecule has 2 nitrogen and oxygen atoms in total. The number of sulfone groups is 1. The standard InChI is InChI=1S/C21H29BrO2S/c1-18(2)9-7-10-19(3)11-8-12-20(15-16-22)17-25(23,24)21-13-5-4-6-14-21/h4-6,9,11-14H,7-8,10,15-17H2,1-3H3/b19-11+,20-12-. The van der Waals surface area contributed by atoms with Gasteiger partial charge >= 0.3 is 0 Å². The SMILES string of the molecule is CC(C)=CCC/C(C)=C/C/C=C(/CCBr)CS(=O)(=O)c1ccccc1. The summed E-state index contributed by atoms with van der Waals surface area (Å²) in [6.07, 6.45) is 10.1. The summed E-state index contributed by atoms with van der Waals surface area (Å²) in [6, 6.07) is 8.68. The minimum absolute atomic E-state index is 0.0905. The van der Waals surface area contributed by atoms with Gasteiger partial charge in [0, 0.05) is 5.33 Å². The Morgan fingerprint density at radius 2 is 1.68 bits per heavy atom. The van der Waals surface area contributed by atoms with Gasteiger partial charge in [-0.25, -0.2) is 8.42 Å². The molecule has 1 aromatic carbocycles. The highest BCUT2D eigenvalue weighted by molar-refractivity contribution is 9.09. The quantitative estimate of drug-likeness (QED) is 0.328. The molecule has 1 rings (SSSR count). The van der Waals surface area contributed by atoms with E-state index in [4.69, 9.17) is 0 Å². The van der Waals surface area contributed by atoms with Crippen LogP contribution in [-0.2, 0) is 9.84 Å². The molecule has 138 valence electrons. The van der Waals surface area contributed by atoms with Crippen LogP contribution in [-0.4, -0.2) is 19.5 Å². The highest BCUT2D eigenvalue weighted by atomic mass is 79.9. The Hall–Kier alpha value is -1.13. The second-order valence-corrected chi connectivity index (χ2v) is 9.26. The van der Waals surface area contributed by atoms with Crippen molar-refractivity contribution in [2.45, 2.75) is 51.3 Å². The molecule has 4 heteroatoms. The van der Waals surface area contributed by atoms with Crippen LogP contribution in [0.5, 0.6) is 0 Å². The minimum Gasteiger partial charge on any atom is -0.223 e. The third-order valence-corrected chi connectivity index (χ3v) is 6.00. The third-order valence-electron chi connectivity index (χ3n) is 3.86. The van der Waals surface area contributed by atoms with Gasteiger partial charge < -0.3 is 0 Å². The molecule has 0 aromatic heterocycles. The van der Waals surface area contributed by atoms with Crippen molar-refractivity contribution in [3.8, 4) is 0 Å². The zero-order valence-corrected chi connectivity index (χ0v) is 17.9. The summed E-state index contributed by atoms with van der Waals surface area (Å²) >= 11 is 3.42. The number of hydrogen-bond donors (Lipinski definition) is 0. The molecule has 0 saturated carbocycles. The fraction of sp³-hybridized carbons (Fsp3) is 0.429. The monoisotopic (exact) mass is 424 g/mol. The Morgan fingerprint density at radius 3 is 2.28 bits per heavy atom. The molecule has 0 saturated heterocycles. The normalized spacial score (nSPS) is 13.0. The first-order chi connectivity index (χ1) is 11.8. The van der Waals surface area contributed by atoms with Gasteiger partial charge in [-0.15, -0.1) is 0 Å². The van der Waals surface area contributed by atoms with E-state index in [1.54, 1.807) is 24.3 Å². The fourth-order valence-electron chi connectivity index (χ4n) is 2.43. The summed E-state index contributed by atoms with van der Waals surface area (Å²) in [5.74, 6) is 0.0905. The second kappa shape index (κ2) is 11.5. The van der Waals surface area contributed by atoms with Crippen LogP contribution < -0.4 is 0 Å². The van der Waals surface area contributed by atoms with E-state index in [9.17, 15) is 8.42 Å². The van der Waals surface area contributed by atoms with Gasteiger partial charge in [-0.1, -0.05) is 69.1 Å². The van der Waals surface area contributed by atoms with Gasteiger partial charge in [0.05, 0.1) is 10.6 Å². The Kier molecular flexibility index (Phi) is 10.1. The Labute approximate surface area is 161 Å². The molecule has 0 spiro atoms. The average Bonchev–Trinajstić information content (AvgIpc) is 2.55. The number of rotatable bonds is 10. The van der Waals surface area contributed by atoms with Gasteiger partial charge in [-0.3, -0.25) is 0 Å². The molecule has 0 aliphatic heterocycles. The van der Waals surface area contributed by atoms with Crippen molar-refractivity contribution in [3.63, 3.8) is 0 Å². The number of benzene rings is 1. The van der Waals surface area contributed by atoms with E-state index in [0.717, 1.165) is 36.6 Å². The van der Waals surface area contributed by atoms with Crippen LogP contribution in [0.1, 0.15) is 46.5 Å². The van der Waals surface area contributed by atoms with Crippen LogP contribution >= 0.6 is 15.9 Å². The van der Waals surface area contributed by atoms with Crippen molar-refractivity contribution in [1.82, 2.24) is 0 Å². The summed E-state index contributed by atoms with van der Waals surface area (Å²) in [4.78, 5) is 0.393. The van der Waals surface area contributed by atoms with Crippen LogP contribution in [0.15, 0.2) is 70.2 Å². The van der Waals surface area contributed by atoms with E-state index in [0.29, 0.717) is 4.90 Å². The first kappa shape index (κ1) is 21.9. The van der Waals surface area contributed by atoms with E-state index in [-0.39, 0.29) is 5.75 Å². The Balaban J connectivity index is 2.72. The van der Waals surface area contributed by atoms with E-state index in [2.05, 4.69) is 54.9 Å². The minimum atomic E-state index is -3.27. The summed E-state index contributed by atoms with van der Waals surface area (Å²) in [7, 11) is -3.27. The van der Waals surface area contributed by atoms with Crippen LogP contribution in [0.25, 0.3) is 0 Å². The maximum absolute atomic E-state index is 12.5. The van der Waals surface area contributed by atoms with Crippen molar-refractivity contribution < 1.29 is 8.42 Å². The average molecular weight is 425 g/mol. The zero-order valence-electron chi connectivity index (χ0n) is 15.5. The molecule has 0 N–H and O–H groups in total. The molecule has 0 bridgehead atoms. The van der Waals surface area contributed by atoms with Crippen molar-refractivity contribution in [3.05, 3.63) is 65.3 Å². The summed E-state index contributed by atoms with van der Waals surface area (Å²) in [5.41, 5.74) is 3.66. The molecule has 1 aromatic rings. The number of alkyl halides is 1. The largest absolute Gasteiger partial charge is 0.223 e. The van der Waals surface area contributed by atoms with Crippen molar-refractivity contribution in [2.24, 2.45) is 0 Å². The molecule has 0 unspecified atom stereocenters. The zero-order chi connectivity index (χ0) is 18.7. The molecule has 0 amide bonds. The van der Waals surface area contributed by atoms with Gasteiger partial charge in [-0.2, -0.15) is 0 Å². The summed E-state index contributed by atoms with van der Waals surface area (Å²) < 4.78 is 25.1. The Morgan fingerprint density at radius 1 is 1.00 bits per heavy atom. The topological polar surface area (TPSA) is 34.1 Å². The van der Waals surface area contributed by atoms with E-state index in [1.165, 1.54) is 11.1 Å². The van der Waals surface area contributed by atoms with Gasteiger partial charge in [0.25, 0.3) is 0 Å². The smallest absolute Gasteiger partial charge is 0.182 e. The van der Waals surface area contributed by atoms with Gasteiger partial charge in [0.2, 0.25) is 0 Å². The molecule has 0 aliphatic carbocycles. The molecule has 0 fully saturated rings. The molecular formula is C21H29BrO2S. The molecule has 0 aliphatic rings. The summed E-state index contributed by atoms with van der Waals surface area (Å²) in [6.45, 7) is 6.36. The maximum atomic E-state index is 12.5. The van der Waals surface area contributed by atoms with Crippen LogP contribution in [0.4, 0.5) is 0 Å². The second-order valence-electron chi connectivity index (χ2n) is 6.48. The highest BCUT2D eigenvalue weighted by Crippen LogP contribution is 2.17. The molecule has 0 atom stereocenters. The van der Waals surface area contributed by atoms with Crippen LogP contribution in [0, 0.1) is 0 Å². The molecular weight excluding hydrogens is 396 g/mol. The first-order valence-corrected chi connectivity index (χ1v) is 11.4. The van der Waals surface area contributed by atoms with Gasteiger partial charge in [0.15, 0.2) is 9.84 Å². The van der Waals surface area contributed by atoms with Gasteiger partial charge in [-0.05, 0) is 58.6 Å². The predicted molar refractivity (Wildman–Crippen MR) is 112 cm³/mol. The Bertz CT molecular complexity index is 710. The number of allylic oxidation sites excluding steroid dienone is 5. The lowest BCUT2D eigenvalue weighted by Gasteiger charge is -2.08. The van der Waals surface area contributed by atoms with E-state index in [1.807, 2.05) is 6.07 Å². The lowest BCUT2D eigenvalue weighted by Crippen LogP contribution is -2.09. The lowest BCUT2D eigenvalue weighted by atomic mass is 10.1. The first-order valence-electron chi connectivity index (χ1n) is 8.66. The fourth-order valence-corrected chi connectivity index (χ4v) is 4.43. The molecule has 0 heterocycles. The van der Waals surface area contributed by atoms with Gasteiger partial charge in [0.1, 0.15) is 0 Å². The maximum Gasteiger partial charge on any atom is 0.182 e. The van der Waals surface area contributed by atoms with Crippen molar-refractivity contribution in [1.29, 1.82) is 0 Å².